The zero-order chi connectivity index (χ0) is 21.5. The Bertz CT molecular complexity index is 877. The molecule has 0 aromatic carbocycles. The van der Waals surface area contributed by atoms with Crippen LogP contribution in [0.4, 0.5) is 0 Å². The molecule has 0 unspecified atom stereocenters. The molecule has 2 aromatic heterocycles. The van der Waals surface area contributed by atoms with Gasteiger partial charge in [0.25, 0.3) is 0 Å². The van der Waals surface area contributed by atoms with Crippen molar-refractivity contribution in [3.8, 4) is 0 Å². The summed E-state index contributed by atoms with van der Waals surface area (Å²) in [5.74, 6) is -0.444. The van der Waals surface area contributed by atoms with Crippen molar-refractivity contribution in [3.63, 3.8) is 0 Å². The predicted octanol–water partition coefficient (Wildman–Crippen LogP) is 4.89. The number of rotatable bonds is 10. The van der Waals surface area contributed by atoms with E-state index in [1.165, 1.54) is 0 Å². The summed E-state index contributed by atoms with van der Waals surface area (Å²) in [5, 5.41) is 20.9. The van der Waals surface area contributed by atoms with Crippen molar-refractivity contribution in [3.05, 3.63) is 45.7 Å². The number of unbranched alkanes of at least 4 members (excludes halogenated alkanes) is 1. The number of aryl methyl sites for hydroxylation is 1. The Balaban J connectivity index is 1.82. The minimum Gasteiger partial charge on any atom is -0.481 e. The third-order valence-electron chi connectivity index (χ3n) is 5.90. The van der Waals surface area contributed by atoms with Gasteiger partial charge in [-0.1, -0.05) is 19.4 Å². The fourth-order valence-corrected chi connectivity index (χ4v) is 4.84. The second-order valence-corrected chi connectivity index (χ2v) is 9.13. The second-order valence-electron chi connectivity index (χ2n) is 8.10. The highest BCUT2D eigenvalue weighted by atomic mass is 32.1. The van der Waals surface area contributed by atoms with Crippen LogP contribution < -0.4 is 0 Å². The Morgan fingerprint density at radius 3 is 2.63 bits per heavy atom. The zero-order valence-electron chi connectivity index (χ0n) is 17.4. The molecule has 0 aliphatic heterocycles. The predicted molar refractivity (Wildman–Crippen MR) is 118 cm³/mol. The quantitative estimate of drug-likeness (QED) is 0.524. The molecule has 1 fully saturated rings. The summed E-state index contributed by atoms with van der Waals surface area (Å²) in [6.45, 7) is 2.91. The van der Waals surface area contributed by atoms with Gasteiger partial charge in [-0.2, -0.15) is 0 Å². The van der Waals surface area contributed by atoms with E-state index in [0.29, 0.717) is 30.8 Å². The molecule has 162 valence electrons. The van der Waals surface area contributed by atoms with Crippen molar-refractivity contribution in [2.75, 3.05) is 0 Å². The summed E-state index contributed by atoms with van der Waals surface area (Å²) in [6, 6.07) is 3.88. The van der Waals surface area contributed by atoms with E-state index in [9.17, 15) is 19.8 Å². The van der Waals surface area contributed by atoms with Crippen LogP contribution in [0.5, 0.6) is 0 Å². The molecule has 0 bridgehead atoms. The molecule has 3 rings (SSSR count). The Morgan fingerprint density at radius 1 is 1.27 bits per heavy atom. The van der Waals surface area contributed by atoms with Crippen LogP contribution >= 0.6 is 11.3 Å². The monoisotopic (exact) mass is 430 g/mol. The summed E-state index contributed by atoms with van der Waals surface area (Å²) in [6.07, 6.45) is 10.1. The van der Waals surface area contributed by atoms with E-state index in [1.807, 2.05) is 17.5 Å². The molecule has 2 N–H and O–H groups in total. The minimum atomic E-state index is -0.909. The van der Waals surface area contributed by atoms with Crippen LogP contribution in [0.15, 0.2) is 29.3 Å². The molecular weight excluding hydrogens is 400 g/mol. The number of hydrogen-bond acceptors (Lipinski definition) is 4. The summed E-state index contributed by atoms with van der Waals surface area (Å²) in [5.41, 5.74) is 1.19. The van der Waals surface area contributed by atoms with E-state index in [-0.39, 0.29) is 5.92 Å². The normalized spacial score (nSPS) is 19.7. The van der Waals surface area contributed by atoms with Gasteiger partial charge in [0.15, 0.2) is 0 Å². The van der Waals surface area contributed by atoms with Gasteiger partial charge in [-0.25, -0.2) is 9.78 Å². The number of thiophene rings is 1. The second kappa shape index (κ2) is 10.6. The van der Waals surface area contributed by atoms with Gasteiger partial charge in [-0.15, -0.1) is 11.3 Å². The summed E-state index contributed by atoms with van der Waals surface area (Å²) < 4.78 is 2.17. The van der Waals surface area contributed by atoms with Crippen molar-refractivity contribution >= 4 is 29.4 Å². The molecule has 0 amide bonds. The van der Waals surface area contributed by atoms with E-state index in [1.54, 1.807) is 23.6 Å². The molecule has 0 spiro atoms. The molecule has 30 heavy (non-hydrogen) atoms. The van der Waals surface area contributed by atoms with Crippen LogP contribution in [0, 0.1) is 11.8 Å². The van der Waals surface area contributed by atoms with Gasteiger partial charge >= 0.3 is 11.9 Å². The van der Waals surface area contributed by atoms with E-state index < -0.39 is 11.9 Å². The Kier molecular flexibility index (Phi) is 7.85. The lowest BCUT2D eigenvalue weighted by Crippen LogP contribution is -2.24. The smallest absolute Gasteiger partial charge is 0.332 e. The third-order valence-corrected chi connectivity index (χ3v) is 6.78. The van der Waals surface area contributed by atoms with Crippen LogP contribution in [-0.2, 0) is 29.0 Å². The number of hydrogen-bond donors (Lipinski definition) is 2. The number of imidazole rings is 1. The van der Waals surface area contributed by atoms with Gasteiger partial charge < -0.3 is 14.8 Å². The van der Waals surface area contributed by atoms with Crippen LogP contribution in [0.2, 0.25) is 0 Å². The van der Waals surface area contributed by atoms with Gasteiger partial charge in [0, 0.05) is 29.8 Å². The molecule has 1 aliphatic rings. The molecule has 6 nitrogen and oxygen atoms in total. The first-order chi connectivity index (χ1) is 14.5. The van der Waals surface area contributed by atoms with Gasteiger partial charge in [-0.3, -0.25) is 4.79 Å². The first-order valence-corrected chi connectivity index (χ1v) is 11.6. The third kappa shape index (κ3) is 5.81. The van der Waals surface area contributed by atoms with Crippen molar-refractivity contribution < 1.29 is 19.8 Å². The van der Waals surface area contributed by atoms with E-state index in [4.69, 9.17) is 0 Å². The number of carboxylic acid groups (broad SMARTS) is 2. The SMILES string of the molecule is CCCCc1ncc(/C=C(/Cc2cccs2)C(=O)O)n1CC1CCC(C(=O)O)CC1. The molecule has 2 aromatic rings. The van der Waals surface area contributed by atoms with E-state index in [0.717, 1.165) is 55.0 Å². The maximum absolute atomic E-state index is 11.9. The topological polar surface area (TPSA) is 92.4 Å². The highest BCUT2D eigenvalue weighted by Crippen LogP contribution is 2.31. The Labute approximate surface area is 181 Å². The Morgan fingerprint density at radius 2 is 2.03 bits per heavy atom. The van der Waals surface area contributed by atoms with Gasteiger partial charge in [0.2, 0.25) is 0 Å². The molecular formula is C23H30N2O4S. The van der Waals surface area contributed by atoms with Crippen molar-refractivity contribution in [2.45, 2.75) is 64.8 Å². The number of aromatic nitrogens is 2. The van der Waals surface area contributed by atoms with Gasteiger partial charge in [0.1, 0.15) is 5.82 Å². The average molecular weight is 431 g/mol. The summed E-state index contributed by atoms with van der Waals surface area (Å²) in [4.78, 5) is 28.7. The van der Waals surface area contributed by atoms with E-state index in [2.05, 4.69) is 16.5 Å². The number of nitrogens with zero attached hydrogens (tertiary/aromatic N) is 2. The van der Waals surface area contributed by atoms with Crippen LogP contribution in [0.1, 0.15) is 61.8 Å². The first-order valence-electron chi connectivity index (χ1n) is 10.7. The fourth-order valence-electron chi connectivity index (χ4n) is 4.11. The molecule has 1 aliphatic carbocycles. The lowest BCUT2D eigenvalue weighted by atomic mass is 9.82. The van der Waals surface area contributed by atoms with Crippen LogP contribution in [0.25, 0.3) is 6.08 Å². The Hall–Kier alpha value is -2.41. The molecule has 7 heteroatoms. The van der Waals surface area contributed by atoms with Crippen LogP contribution in [-0.4, -0.2) is 31.7 Å². The number of aliphatic carboxylic acids is 2. The number of carboxylic acids is 2. The lowest BCUT2D eigenvalue weighted by Gasteiger charge is -2.27. The minimum absolute atomic E-state index is 0.229. The molecule has 0 saturated heterocycles. The highest BCUT2D eigenvalue weighted by molar-refractivity contribution is 7.09. The standard InChI is InChI=1S/C23H30N2O4S/c1-2-3-6-21-24-14-19(12-18(23(28)29)13-20-5-4-11-30-20)25(21)15-16-7-9-17(10-8-16)22(26)27/h4-5,11-12,14,16-17H,2-3,6-10,13,15H2,1H3,(H,26,27)(H,28,29)/b18-12-. The molecule has 2 heterocycles. The molecule has 0 atom stereocenters. The first kappa shape index (κ1) is 22.3. The molecule has 1 saturated carbocycles. The van der Waals surface area contributed by atoms with E-state index >= 15 is 0 Å². The summed E-state index contributed by atoms with van der Waals surface area (Å²) in [7, 11) is 0. The lowest BCUT2D eigenvalue weighted by molar-refractivity contribution is -0.143. The maximum Gasteiger partial charge on any atom is 0.332 e. The highest BCUT2D eigenvalue weighted by Gasteiger charge is 2.27. The average Bonchev–Trinajstić information content (AvgIpc) is 3.37. The maximum atomic E-state index is 11.9. The molecule has 0 radical (unpaired) electrons. The van der Waals surface area contributed by atoms with Crippen molar-refractivity contribution in [1.29, 1.82) is 0 Å². The number of carbonyl (C=O) groups is 2. The zero-order valence-corrected chi connectivity index (χ0v) is 18.2. The largest absolute Gasteiger partial charge is 0.481 e. The van der Waals surface area contributed by atoms with Crippen LogP contribution in [0.3, 0.4) is 0 Å². The van der Waals surface area contributed by atoms with Gasteiger partial charge in [0.05, 0.1) is 17.8 Å². The van der Waals surface area contributed by atoms with Gasteiger partial charge in [-0.05, 0) is 55.5 Å². The van der Waals surface area contributed by atoms with Crippen molar-refractivity contribution in [2.24, 2.45) is 11.8 Å². The summed E-state index contributed by atoms with van der Waals surface area (Å²) >= 11 is 1.56. The van der Waals surface area contributed by atoms with Crippen molar-refractivity contribution in [1.82, 2.24) is 9.55 Å². The fraction of sp³-hybridized carbons (Fsp3) is 0.522.